The molecule has 0 aliphatic carbocycles. The number of amides is 1. The van der Waals surface area contributed by atoms with Crippen LogP contribution in [0.2, 0.25) is 0 Å². The Kier molecular flexibility index (Phi) is 7.99. The van der Waals surface area contributed by atoms with Crippen molar-refractivity contribution in [2.45, 2.75) is 31.4 Å². The van der Waals surface area contributed by atoms with Crippen LogP contribution in [0.5, 0.6) is 0 Å². The molecular formula is C25H28N2O3S2. The van der Waals surface area contributed by atoms with Gasteiger partial charge in [-0.1, -0.05) is 48.0 Å². The Morgan fingerprint density at radius 1 is 0.906 bits per heavy atom. The van der Waals surface area contributed by atoms with Gasteiger partial charge in [0.15, 0.2) is 0 Å². The van der Waals surface area contributed by atoms with Crippen LogP contribution in [0.1, 0.15) is 32.6 Å². The molecule has 0 fully saturated rings. The van der Waals surface area contributed by atoms with E-state index in [0.29, 0.717) is 23.4 Å². The van der Waals surface area contributed by atoms with Crippen molar-refractivity contribution in [3.05, 3.63) is 94.5 Å². The van der Waals surface area contributed by atoms with Crippen LogP contribution < -0.4 is 10.0 Å². The van der Waals surface area contributed by atoms with E-state index in [2.05, 4.69) is 29.1 Å². The summed E-state index contributed by atoms with van der Waals surface area (Å²) in [7, 11) is -3.73. The first-order valence-electron chi connectivity index (χ1n) is 10.4. The van der Waals surface area contributed by atoms with Gasteiger partial charge in [-0.2, -0.15) is 11.8 Å². The number of sulfonamides is 1. The van der Waals surface area contributed by atoms with Gasteiger partial charge in [0, 0.05) is 23.6 Å². The van der Waals surface area contributed by atoms with E-state index in [4.69, 9.17) is 0 Å². The van der Waals surface area contributed by atoms with Crippen molar-refractivity contribution in [1.82, 2.24) is 5.32 Å². The molecule has 0 bridgehead atoms. The SMILES string of the molecule is Cc1ccc(S(=O)(=O)Nc2cccc(C(=O)NCCSCc3ccccc3C)c2C)cc1. The van der Waals surface area contributed by atoms with Gasteiger partial charge < -0.3 is 5.32 Å². The van der Waals surface area contributed by atoms with Crippen molar-refractivity contribution >= 4 is 33.4 Å². The predicted octanol–water partition coefficient (Wildman–Crippen LogP) is 5.08. The number of benzene rings is 3. The van der Waals surface area contributed by atoms with Gasteiger partial charge in [-0.25, -0.2) is 8.42 Å². The van der Waals surface area contributed by atoms with Crippen molar-refractivity contribution in [3.8, 4) is 0 Å². The van der Waals surface area contributed by atoms with Crippen molar-refractivity contribution in [3.63, 3.8) is 0 Å². The number of carbonyl (C=O) groups is 1. The number of hydrogen-bond donors (Lipinski definition) is 2. The Labute approximate surface area is 194 Å². The van der Waals surface area contributed by atoms with Crippen LogP contribution in [-0.4, -0.2) is 26.6 Å². The Bertz CT molecular complexity index is 1190. The molecule has 3 aromatic rings. The fraction of sp³-hybridized carbons (Fsp3) is 0.240. The number of hydrogen-bond acceptors (Lipinski definition) is 4. The summed E-state index contributed by atoms with van der Waals surface area (Å²) < 4.78 is 28.0. The fourth-order valence-corrected chi connectivity index (χ4v) is 5.26. The van der Waals surface area contributed by atoms with E-state index in [1.807, 2.05) is 19.1 Å². The smallest absolute Gasteiger partial charge is 0.261 e. The average Bonchev–Trinajstić information content (AvgIpc) is 2.76. The van der Waals surface area contributed by atoms with Gasteiger partial charge in [-0.15, -0.1) is 0 Å². The van der Waals surface area contributed by atoms with Gasteiger partial charge in [-0.3, -0.25) is 9.52 Å². The van der Waals surface area contributed by atoms with Crippen LogP contribution in [0.25, 0.3) is 0 Å². The molecule has 0 saturated carbocycles. The number of nitrogens with one attached hydrogen (secondary N) is 2. The third kappa shape index (κ3) is 6.14. The molecule has 0 atom stereocenters. The molecular weight excluding hydrogens is 440 g/mol. The number of anilines is 1. The van der Waals surface area contributed by atoms with Crippen LogP contribution in [0, 0.1) is 20.8 Å². The van der Waals surface area contributed by atoms with E-state index in [1.165, 1.54) is 11.1 Å². The summed E-state index contributed by atoms with van der Waals surface area (Å²) in [5.74, 6) is 1.48. The van der Waals surface area contributed by atoms with Crippen LogP contribution in [0.15, 0.2) is 71.6 Å². The van der Waals surface area contributed by atoms with Crippen LogP contribution in [-0.2, 0) is 15.8 Å². The lowest BCUT2D eigenvalue weighted by molar-refractivity contribution is 0.0955. The summed E-state index contributed by atoms with van der Waals surface area (Å²) in [5, 5.41) is 2.93. The molecule has 3 rings (SSSR count). The second-order valence-corrected chi connectivity index (χ2v) is 10.4. The molecule has 32 heavy (non-hydrogen) atoms. The fourth-order valence-electron chi connectivity index (χ4n) is 3.20. The number of thioether (sulfide) groups is 1. The standard InChI is InChI=1S/C25H28N2O3S2/c1-18-11-13-22(14-12-18)32(29,30)27-24-10-6-9-23(20(24)3)25(28)26-15-16-31-17-21-8-5-4-7-19(21)2/h4-14,27H,15-17H2,1-3H3,(H,26,28). The van der Waals surface area contributed by atoms with E-state index in [-0.39, 0.29) is 10.8 Å². The average molecular weight is 469 g/mol. The quantitative estimate of drug-likeness (QED) is 0.430. The molecule has 0 saturated heterocycles. The molecule has 5 nitrogen and oxygen atoms in total. The van der Waals surface area contributed by atoms with E-state index in [1.54, 1.807) is 61.2 Å². The highest BCUT2D eigenvalue weighted by Crippen LogP contribution is 2.23. The van der Waals surface area contributed by atoms with Crippen LogP contribution in [0.3, 0.4) is 0 Å². The highest BCUT2D eigenvalue weighted by Gasteiger charge is 2.18. The van der Waals surface area contributed by atoms with Gasteiger partial charge in [0.05, 0.1) is 10.6 Å². The lowest BCUT2D eigenvalue weighted by Crippen LogP contribution is -2.27. The minimum atomic E-state index is -3.73. The van der Waals surface area contributed by atoms with E-state index >= 15 is 0 Å². The van der Waals surface area contributed by atoms with Gasteiger partial charge in [-0.05, 0) is 61.7 Å². The minimum Gasteiger partial charge on any atom is -0.351 e. The largest absolute Gasteiger partial charge is 0.351 e. The molecule has 0 heterocycles. The molecule has 1 amide bonds. The van der Waals surface area contributed by atoms with Gasteiger partial charge in [0.25, 0.3) is 15.9 Å². The second-order valence-electron chi connectivity index (χ2n) is 7.63. The summed E-state index contributed by atoms with van der Waals surface area (Å²) in [6.07, 6.45) is 0. The molecule has 7 heteroatoms. The number of aryl methyl sites for hydroxylation is 2. The van der Waals surface area contributed by atoms with Crippen molar-refractivity contribution < 1.29 is 13.2 Å². The molecule has 2 N–H and O–H groups in total. The zero-order valence-electron chi connectivity index (χ0n) is 18.5. The summed E-state index contributed by atoms with van der Waals surface area (Å²) in [6, 6.07) is 20.0. The summed E-state index contributed by atoms with van der Waals surface area (Å²) >= 11 is 1.77. The molecule has 168 valence electrons. The third-order valence-corrected chi connectivity index (χ3v) is 7.59. The van der Waals surface area contributed by atoms with E-state index in [9.17, 15) is 13.2 Å². The third-order valence-electron chi connectivity index (χ3n) is 5.20. The summed E-state index contributed by atoms with van der Waals surface area (Å²) in [5.41, 5.74) is 4.99. The van der Waals surface area contributed by atoms with Crippen molar-refractivity contribution in [2.75, 3.05) is 17.0 Å². The van der Waals surface area contributed by atoms with Gasteiger partial charge >= 0.3 is 0 Å². The first kappa shape index (κ1) is 23.9. The lowest BCUT2D eigenvalue weighted by atomic mass is 10.1. The molecule has 0 unspecified atom stereocenters. The molecule has 3 aromatic carbocycles. The van der Waals surface area contributed by atoms with E-state index in [0.717, 1.165) is 17.1 Å². The Balaban J connectivity index is 1.59. The maximum atomic E-state index is 12.7. The Hall–Kier alpha value is -2.77. The molecule has 0 aliphatic rings. The molecule has 0 aromatic heterocycles. The van der Waals surface area contributed by atoms with Crippen molar-refractivity contribution in [2.24, 2.45) is 0 Å². The van der Waals surface area contributed by atoms with Crippen LogP contribution >= 0.6 is 11.8 Å². The number of rotatable bonds is 9. The van der Waals surface area contributed by atoms with Crippen LogP contribution in [0.4, 0.5) is 5.69 Å². The highest BCUT2D eigenvalue weighted by atomic mass is 32.2. The second kappa shape index (κ2) is 10.7. The topological polar surface area (TPSA) is 75.3 Å². The van der Waals surface area contributed by atoms with Gasteiger partial charge in [0.2, 0.25) is 0 Å². The zero-order chi connectivity index (χ0) is 23.1. The number of carbonyl (C=O) groups excluding carboxylic acids is 1. The normalized spacial score (nSPS) is 11.2. The monoisotopic (exact) mass is 468 g/mol. The molecule has 0 spiro atoms. The maximum absolute atomic E-state index is 12.7. The summed E-state index contributed by atoms with van der Waals surface area (Å²) in [6.45, 7) is 6.28. The molecule has 0 aliphatic heterocycles. The summed E-state index contributed by atoms with van der Waals surface area (Å²) in [4.78, 5) is 12.9. The first-order chi connectivity index (χ1) is 15.3. The minimum absolute atomic E-state index is 0.183. The van der Waals surface area contributed by atoms with E-state index < -0.39 is 10.0 Å². The lowest BCUT2D eigenvalue weighted by Gasteiger charge is -2.14. The maximum Gasteiger partial charge on any atom is 0.261 e. The Morgan fingerprint density at radius 2 is 1.62 bits per heavy atom. The molecule has 0 radical (unpaired) electrons. The van der Waals surface area contributed by atoms with Gasteiger partial charge in [0.1, 0.15) is 0 Å². The first-order valence-corrected chi connectivity index (χ1v) is 13.0. The zero-order valence-corrected chi connectivity index (χ0v) is 20.1. The highest BCUT2D eigenvalue weighted by molar-refractivity contribution is 7.98. The Morgan fingerprint density at radius 3 is 2.34 bits per heavy atom. The van der Waals surface area contributed by atoms with Crippen molar-refractivity contribution in [1.29, 1.82) is 0 Å². The predicted molar refractivity (Wildman–Crippen MR) is 133 cm³/mol.